The number of aryl methyl sites for hydroxylation is 1. The van der Waals surface area contributed by atoms with Crippen LogP contribution in [0, 0.1) is 24.1 Å². The molecule has 0 aliphatic rings. The molecule has 7 heteroatoms. The predicted molar refractivity (Wildman–Crippen MR) is 121 cm³/mol. The van der Waals surface area contributed by atoms with E-state index < -0.39 is 11.7 Å². The molecule has 0 bridgehead atoms. The molecule has 1 amide bonds. The molecule has 1 N–H and O–H groups in total. The van der Waals surface area contributed by atoms with E-state index in [9.17, 15) is 14.4 Å². The second kappa shape index (κ2) is 10.1. The zero-order valence-electron chi connectivity index (χ0n) is 16.5. The fourth-order valence-electron chi connectivity index (χ4n) is 2.72. The Balaban J connectivity index is 1.77. The molecular weight excluding hydrogens is 438 g/mol. The summed E-state index contributed by atoms with van der Waals surface area (Å²) in [5.74, 6) is -0.766. The molecule has 0 heterocycles. The molecule has 3 aromatic rings. The highest BCUT2D eigenvalue weighted by Gasteiger charge is 2.14. The van der Waals surface area contributed by atoms with Crippen LogP contribution in [0.25, 0.3) is 6.08 Å². The molecule has 0 saturated heterocycles. The lowest BCUT2D eigenvalue weighted by atomic mass is 10.1. The first-order valence-corrected chi connectivity index (χ1v) is 9.98. The number of carbonyl (C=O) groups excluding carboxylic acids is 1. The molecule has 0 radical (unpaired) electrons. The maximum absolute atomic E-state index is 13.8. The van der Waals surface area contributed by atoms with E-state index in [1.165, 1.54) is 24.3 Å². The van der Waals surface area contributed by atoms with Crippen molar-refractivity contribution in [3.8, 4) is 11.8 Å². The fraction of sp³-hybridized carbons (Fsp3) is 0.0833. The lowest BCUT2D eigenvalue weighted by Gasteiger charge is -2.12. The Morgan fingerprint density at radius 2 is 1.77 bits per heavy atom. The lowest BCUT2D eigenvalue weighted by molar-refractivity contribution is -0.112. The quantitative estimate of drug-likeness (QED) is 0.338. The first-order chi connectivity index (χ1) is 14.9. The molecule has 3 aromatic carbocycles. The fourth-order valence-corrected chi connectivity index (χ4v) is 3.33. The van der Waals surface area contributed by atoms with Crippen molar-refractivity contribution in [2.75, 3.05) is 5.32 Å². The van der Waals surface area contributed by atoms with Gasteiger partial charge in [-0.3, -0.25) is 4.79 Å². The van der Waals surface area contributed by atoms with Gasteiger partial charge in [-0.2, -0.15) is 5.26 Å². The van der Waals surface area contributed by atoms with Gasteiger partial charge in [-0.25, -0.2) is 4.39 Å². The van der Waals surface area contributed by atoms with Crippen LogP contribution >= 0.6 is 23.2 Å². The number of hydrogen-bond acceptors (Lipinski definition) is 3. The number of nitrogens with zero attached hydrogens (tertiary/aromatic N) is 1. The van der Waals surface area contributed by atoms with Gasteiger partial charge in [0.1, 0.15) is 24.1 Å². The van der Waals surface area contributed by atoms with Gasteiger partial charge >= 0.3 is 0 Å². The van der Waals surface area contributed by atoms with Crippen molar-refractivity contribution in [3.63, 3.8) is 0 Å². The third-order valence-electron chi connectivity index (χ3n) is 4.34. The Hall–Kier alpha value is -3.33. The van der Waals surface area contributed by atoms with Crippen molar-refractivity contribution in [3.05, 3.63) is 98.8 Å². The zero-order valence-corrected chi connectivity index (χ0v) is 18.0. The van der Waals surface area contributed by atoms with Crippen molar-refractivity contribution < 1.29 is 13.9 Å². The van der Waals surface area contributed by atoms with E-state index in [1.54, 1.807) is 30.3 Å². The number of rotatable bonds is 6. The lowest BCUT2D eigenvalue weighted by Crippen LogP contribution is -2.13. The average Bonchev–Trinajstić information content (AvgIpc) is 2.74. The number of benzene rings is 3. The number of hydrogen-bond donors (Lipinski definition) is 1. The summed E-state index contributed by atoms with van der Waals surface area (Å²) in [6.45, 7) is 1.88. The van der Waals surface area contributed by atoms with Gasteiger partial charge in [0, 0.05) is 11.3 Å². The maximum Gasteiger partial charge on any atom is 0.266 e. The van der Waals surface area contributed by atoms with E-state index in [1.807, 2.05) is 25.1 Å². The molecule has 0 aliphatic heterocycles. The van der Waals surface area contributed by atoms with Crippen LogP contribution in [0.3, 0.4) is 0 Å². The minimum Gasteiger partial charge on any atom is -0.486 e. The molecule has 31 heavy (non-hydrogen) atoms. The molecule has 0 aromatic heterocycles. The SMILES string of the molecule is Cc1ccc(NC(=O)/C(C#N)=C/c2cc(Cl)c(OCc3ccccc3F)c(Cl)c2)cc1. The highest BCUT2D eigenvalue weighted by atomic mass is 35.5. The van der Waals surface area contributed by atoms with Crippen molar-refractivity contribution in [1.29, 1.82) is 5.26 Å². The molecule has 0 atom stereocenters. The summed E-state index contributed by atoms with van der Waals surface area (Å²) in [5, 5.41) is 12.4. The van der Waals surface area contributed by atoms with Gasteiger partial charge in [-0.05, 0) is 48.9 Å². The highest BCUT2D eigenvalue weighted by Crippen LogP contribution is 2.35. The minimum absolute atomic E-state index is 0.0519. The number of nitriles is 1. The number of nitrogens with one attached hydrogen (secondary N) is 1. The largest absolute Gasteiger partial charge is 0.486 e. The Morgan fingerprint density at radius 3 is 2.39 bits per heavy atom. The molecule has 0 fully saturated rings. The topological polar surface area (TPSA) is 62.1 Å². The first kappa shape index (κ1) is 22.4. The average molecular weight is 455 g/mol. The Kier molecular flexibility index (Phi) is 7.30. The van der Waals surface area contributed by atoms with Crippen molar-refractivity contribution in [2.24, 2.45) is 0 Å². The molecule has 0 spiro atoms. The van der Waals surface area contributed by atoms with Gasteiger partial charge in [0.25, 0.3) is 5.91 Å². The first-order valence-electron chi connectivity index (χ1n) is 9.22. The highest BCUT2D eigenvalue weighted by molar-refractivity contribution is 6.37. The second-order valence-corrected chi connectivity index (χ2v) is 7.50. The van der Waals surface area contributed by atoms with Crippen molar-refractivity contribution in [1.82, 2.24) is 0 Å². The molecule has 0 unspecified atom stereocenters. The van der Waals surface area contributed by atoms with E-state index in [4.69, 9.17) is 27.9 Å². The standard InChI is InChI=1S/C24H17Cl2FN2O2/c1-15-6-8-19(9-7-15)29-24(30)18(13-28)10-16-11-20(25)23(21(26)12-16)31-14-17-4-2-3-5-22(17)27/h2-12H,14H2,1H3,(H,29,30)/b18-10+. The Morgan fingerprint density at radius 1 is 1.13 bits per heavy atom. The van der Waals surface area contributed by atoms with Crippen LogP contribution < -0.4 is 10.1 Å². The van der Waals surface area contributed by atoms with E-state index in [0.717, 1.165) is 5.56 Å². The smallest absolute Gasteiger partial charge is 0.266 e. The summed E-state index contributed by atoms with van der Waals surface area (Å²) in [6.07, 6.45) is 1.38. The van der Waals surface area contributed by atoms with Gasteiger partial charge in [-0.15, -0.1) is 0 Å². The van der Waals surface area contributed by atoms with Crippen LogP contribution in [0.2, 0.25) is 10.0 Å². The molecular formula is C24H17Cl2FN2O2. The van der Waals surface area contributed by atoms with Crippen LogP contribution in [-0.4, -0.2) is 5.91 Å². The Labute approximate surface area is 189 Å². The number of carbonyl (C=O) groups is 1. The molecule has 156 valence electrons. The Bertz CT molecular complexity index is 1160. The summed E-state index contributed by atoms with van der Waals surface area (Å²) >= 11 is 12.6. The number of halogens is 3. The van der Waals surface area contributed by atoms with Crippen LogP contribution in [0.1, 0.15) is 16.7 Å². The summed E-state index contributed by atoms with van der Waals surface area (Å²) in [6, 6.07) is 18.3. The van der Waals surface area contributed by atoms with Gasteiger partial charge in [0.2, 0.25) is 0 Å². The second-order valence-electron chi connectivity index (χ2n) is 6.68. The number of anilines is 1. The molecule has 0 aliphatic carbocycles. The van der Waals surface area contributed by atoms with E-state index in [-0.39, 0.29) is 28.0 Å². The third kappa shape index (κ3) is 5.85. The van der Waals surface area contributed by atoms with Crippen molar-refractivity contribution >= 4 is 40.9 Å². The van der Waals surface area contributed by atoms with E-state index in [2.05, 4.69) is 5.32 Å². The normalized spacial score (nSPS) is 11.0. The number of amides is 1. The van der Waals surface area contributed by atoms with Gasteiger partial charge in [0.05, 0.1) is 10.0 Å². The van der Waals surface area contributed by atoms with Gasteiger partial charge in [0.15, 0.2) is 5.75 Å². The zero-order chi connectivity index (χ0) is 22.4. The molecule has 4 nitrogen and oxygen atoms in total. The van der Waals surface area contributed by atoms with Gasteiger partial charge < -0.3 is 10.1 Å². The molecule has 0 saturated carbocycles. The van der Waals surface area contributed by atoms with Crippen LogP contribution in [0.5, 0.6) is 5.75 Å². The summed E-state index contributed by atoms with van der Waals surface area (Å²) in [7, 11) is 0. The van der Waals surface area contributed by atoms with Crippen LogP contribution in [0.15, 0.2) is 66.2 Å². The predicted octanol–water partition coefficient (Wildman–Crippen LogP) is 6.57. The van der Waals surface area contributed by atoms with Gasteiger partial charge in [-0.1, -0.05) is 59.1 Å². The van der Waals surface area contributed by atoms with E-state index in [0.29, 0.717) is 16.8 Å². The maximum atomic E-state index is 13.8. The summed E-state index contributed by atoms with van der Waals surface area (Å²) < 4.78 is 19.4. The monoisotopic (exact) mass is 454 g/mol. The van der Waals surface area contributed by atoms with Crippen LogP contribution in [0.4, 0.5) is 10.1 Å². The van der Waals surface area contributed by atoms with Crippen molar-refractivity contribution in [2.45, 2.75) is 13.5 Å². The molecule has 3 rings (SSSR count). The summed E-state index contributed by atoms with van der Waals surface area (Å²) in [4.78, 5) is 12.4. The third-order valence-corrected chi connectivity index (χ3v) is 4.90. The summed E-state index contributed by atoms with van der Waals surface area (Å²) in [5.41, 5.74) is 2.31. The number of ether oxygens (including phenoxy) is 1. The minimum atomic E-state index is -0.557. The van der Waals surface area contributed by atoms with Crippen LogP contribution in [-0.2, 0) is 11.4 Å². The van der Waals surface area contributed by atoms with E-state index >= 15 is 0 Å².